The van der Waals surface area contributed by atoms with Crippen molar-refractivity contribution in [3.8, 4) is 0 Å². The molecule has 1 amide bonds. The molecular formula is C20H17FN2O2. The molecule has 0 aliphatic carbocycles. The summed E-state index contributed by atoms with van der Waals surface area (Å²) in [5.74, 6) is -0.538. The van der Waals surface area contributed by atoms with Crippen LogP contribution in [0.25, 0.3) is 0 Å². The van der Waals surface area contributed by atoms with Crippen molar-refractivity contribution in [3.63, 3.8) is 0 Å². The first kappa shape index (κ1) is 16.6. The molecule has 2 aromatic carbocycles. The fraction of sp³-hybridized carbons (Fsp3) is 0.100. The minimum absolute atomic E-state index is 0.209. The minimum atomic E-state index is -0.329. The van der Waals surface area contributed by atoms with Gasteiger partial charge in [-0.05, 0) is 35.9 Å². The van der Waals surface area contributed by atoms with E-state index in [1.165, 1.54) is 39.9 Å². The molecular weight excluding hydrogens is 319 g/mol. The van der Waals surface area contributed by atoms with Crippen LogP contribution in [-0.2, 0) is 6.54 Å². The lowest BCUT2D eigenvalue weighted by molar-refractivity contribution is 0.0992. The van der Waals surface area contributed by atoms with Gasteiger partial charge in [-0.15, -0.1) is 0 Å². The third-order valence-electron chi connectivity index (χ3n) is 3.94. The van der Waals surface area contributed by atoms with Crippen LogP contribution in [0.3, 0.4) is 0 Å². The van der Waals surface area contributed by atoms with E-state index in [9.17, 15) is 14.0 Å². The molecule has 1 heterocycles. The van der Waals surface area contributed by atoms with Crippen LogP contribution in [0.2, 0.25) is 0 Å². The molecule has 0 bridgehead atoms. The van der Waals surface area contributed by atoms with E-state index in [1.807, 2.05) is 30.3 Å². The Morgan fingerprint density at radius 3 is 2.36 bits per heavy atom. The number of hydrogen-bond donors (Lipinski definition) is 0. The molecule has 0 aliphatic rings. The maximum absolute atomic E-state index is 13.0. The highest BCUT2D eigenvalue weighted by atomic mass is 19.1. The number of amides is 1. The van der Waals surface area contributed by atoms with E-state index in [2.05, 4.69) is 0 Å². The Hall–Kier alpha value is -3.21. The zero-order valence-electron chi connectivity index (χ0n) is 13.7. The number of pyridine rings is 1. The molecule has 0 atom stereocenters. The lowest BCUT2D eigenvalue weighted by Crippen LogP contribution is -2.28. The van der Waals surface area contributed by atoms with Crippen molar-refractivity contribution in [2.45, 2.75) is 6.54 Å². The van der Waals surface area contributed by atoms with Gasteiger partial charge in [-0.3, -0.25) is 9.59 Å². The molecule has 0 fully saturated rings. The van der Waals surface area contributed by atoms with E-state index < -0.39 is 0 Å². The molecule has 126 valence electrons. The second kappa shape index (κ2) is 7.13. The summed E-state index contributed by atoms with van der Waals surface area (Å²) in [4.78, 5) is 26.3. The maximum Gasteiger partial charge on any atom is 0.259 e. The molecule has 0 radical (unpaired) electrons. The number of benzene rings is 2. The first-order valence-electron chi connectivity index (χ1n) is 7.82. The number of halogens is 1. The topological polar surface area (TPSA) is 42.3 Å². The first-order valence-corrected chi connectivity index (χ1v) is 7.82. The number of rotatable bonds is 4. The molecule has 0 saturated heterocycles. The normalized spacial score (nSPS) is 10.5. The SMILES string of the molecule is CN(C(=O)c1ccc(=O)n(Cc2ccc(F)cc2)c1)c1ccccc1. The Bertz CT molecular complexity index is 934. The zero-order valence-corrected chi connectivity index (χ0v) is 13.7. The lowest BCUT2D eigenvalue weighted by atomic mass is 10.2. The summed E-state index contributed by atoms with van der Waals surface area (Å²) in [7, 11) is 1.69. The monoisotopic (exact) mass is 336 g/mol. The number of carbonyl (C=O) groups excluding carboxylic acids is 1. The molecule has 3 rings (SSSR count). The molecule has 0 unspecified atom stereocenters. The van der Waals surface area contributed by atoms with Crippen molar-refractivity contribution in [3.05, 3.63) is 100 Å². The van der Waals surface area contributed by atoms with Crippen LogP contribution < -0.4 is 10.5 Å². The molecule has 3 aromatic rings. The molecule has 5 heteroatoms. The van der Waals surface area contributed by atoms with Gasteiger partial charge in [-0.2, -0.15) is 0 Å². The summed E-state index contributed by atoms with van der Waals surface area (Å²) >= 11 is 0. The van der Waals surface area contributed by atoms with Gasteiger partial charge in [-0.25, -0.2) is 4.39 Å². The average Bonchev–Trinajstić information content (AvgIpc) is 2.65. The standard InChI is InChI=1S/C20H17FN2O2/c1-22(18-5-3-2-4-6-18)20(25)16-9-12-19(24)23(14-16)13-15-7-10-17(21)11-8-15/h2-12,14H,13H2,1H3. The Morgan fingerprint density at radius 1 is 1.00 bits per heavy atom. The number of anilines is 1. The molecule has 25 heavy (non-hydrogen) atoms. The van der Waals surface area contributed by atoms with Gasteiger partial charge in [0, 0.05) is 25.0 Å². The van der Waals surface area contributed by atoms with Gasteiger partial charge in [0.1, 0.15) is 5.82 Å². The van der Waals surface area contributed by atoms with Gasteiger partial charge < -0.3 is 9.47 Å². The summed E-state index contributed by atoms with van der Waals surface area (Å²) in [6, 6.07) is 18.1. The molecule has 0 N–H and O–H groups in total. The number of carbonyl (C=O) groups is 1. The van der Waals surface area contributed by atoms with Crippen molar-refractivity contribution in [2.24, 2.45) is 0 Å². The highest BCUT2D eigenvalue weighted by Gasteiger charge is 2.14. The van der Waals surface area contributed by atoms with Crippen LogP contribution >= 0.6 is 0 Å². The van der Waals surface area contributed by atoms with Crippen LogP contribution in [0.5, 0.6) is 0 Å². The second-order valence-electron chi connectivity index (χ2n) is 5.71. The average molecular weight is 336 g/mol. The van der Waals surface area contributed by atoms with Crippen molar-refractivity contribution in [1.82, 2.24) is 4.57 Å². The predicted molar refractivity (Wildman–Crippen MR) is 95.4 cm³/mol. The minimum Gasteiger partial charge on any atom is -0.311 e. The molecule has 0 spiro atoms. The Morgan fingerprint density at radius 2 is 1.68 bits per heavy atom. The maximum atomic E-state index is 13.0. The van der Waals surface area contributed by atoms with Gasteiger partial charge in [0.15, 0.2) is 0 Å². The van der Waals surface area contributed by atoms with Gasteiger partial charge in [0.25, 0.3) is 11.5 Å². The zero-order chi connectivity index (χ0) is 17.8. The van der Waals surface area contributed by atoms with E-state index >= 15 is 0 Å². The van der Waals surface area contributed by atoms with Gasteiger partial charge in [0.05, 0.1) is 12.1 Å². The lowest BCUT2D eigenvalue weighted by Gasteiger charge is -2.18. The summed E-state index contributed by atoms with van der Waals surface area (Å²) < 4.78 is 14.4. The number of para-hydroxylation sites is 1. The Kier molecular flexibility index (Phi) is 4.75. The highest BCUT2D eigenvalue weighted by molar-refractivity contribution is 6.05. The van der Waals surface area contributed by atoms with Gasteiger partial charge in [0.2, 0.25) is 0 Å². The van der Waals surface area contributed by atoms with Crippen molar-refractivity contribution < 1.29 is 9.18 Å². The Balaban J connectivity index is 1.87. The van der Waals surface area contributed by atoms with Gasteiger partial charge >= 0.3 is 0 Å². The second-order valence-corrected chi connectivity index (χ2v) is 5.71. The number of hydrogen-bond acceptors (Lipinski definition) is 2. The van der Waals surface area contributed by atoms with Crippen LogP contribution in [-0.4, -0.2) is 17.5 Å². The predicted octanol–water partition coefficient (Wildman–Crippen LogP) is 3.31. The fourth-order valence-electron chi connectivity index (χ4n) is 2.53. The summed E-state index contributed by atoms with van der Waals surface area (Å²) in [5.41, 5.74) is 1.74. The van der Waals surface area contributed by atoms with Crippen LogP contribution in [0.15, 0.2) is 77.7 Å². The summed E-state index contributed by atoms with van der Waals surface area (Å²) in [6.07, 6.45) is 1.54. The third-order valence-corrected chi connectivity index (χ3v) is 3.94. The molecule has 1 aromatic heterocycles. The molecule has 4 nitrogen and oxygen atoms in total. The van der Waals surface area contributed by atoms with E-state index in [1.54, 1.807) is 19.2 Å². The summed E-state index contributed by atoms with van der Waals surface area (Å²) in [5, 5.41) is 0. The van der Waals surface area contributed by atoms with Crippen molar-refractivity contribution in [1.29, 1.82) is 0 Å². The molecule has 0 saturated carbocycles. The quantitative estimate of drug-likeness (QED) is 0.733. The van der Waals surface area contributed by atoms with Gasteiger partial charge in [-0.1, -0.05) is 30.3 Å². The van der Waals surface area contributed by atoms with Crippen LogP contribution in [0.4, 0.5) is 10.1 Å². The van der Waals surface area contributed by atoms with Crippen LogP contribution in [0, 0.1) is 5.82 Å². The van der Waals surface area contributed by atoms with Crippen LogP contribution in [0.1, 0.15) is 15.9 Å². The first-order chi connectivity index (χ1) is 12.0. The fourth-order valence-corrected chi connectivity index (χ4v) is 2.53. The smallest absolute Gasteiger partial charge is 0.259 e. The van der Waals surface area contributed by atoms with E-state index in [0.717, 1.165) is 11.3 Å². The summed E-state index contributed by atoms with van der Waals surface area (Å²) in [6.45, 7) is 0.273. The number of nitrogens with zero attached hydrogens (tertiary/aromatic N) is 2. The third kappa shape index (κ3) is 3.83. The van der Waals surface area contributed by atoms with E-state index in [-0.39, 0.29) is 23.8 Å². The number of aromatic nitrogens is 1. The van der Waals surface area contributed by atoms with E-state index in [4.69, 9.17) is 0 Å². The van der Waals surface area contributed by atoms with Crippen molar-refractivity contribution in [2.75, 3.05) is 11.9 Å². The van der Waals surface area contributed by atoms with E-state index in [0.29, 0.717) is 5.56 Å². The highest BCUT2D eigenvalue weighted by Crippen LogP contribution is 2.14. The molecule has 0 aliphatic heterocycles. The largest absolute Gasteiger partial charge is 0.311 e. The van der Waals surface area contributed by atoms with Crippen molar-refractivity contribution >= 4 is 11.6 Å². The Labute approximate surface area is 144 Å².